The molecule has 1 heteroatoms. The van der Waals surface area contributed by atoms with E-state index in [1.165, 1.54) is 6.42 Å². The molecule has 0 heterocycles. The van der Waals surface area contributed by atoms with Crippen molar-refractivity contribution in [2.75, 3.05) is 0 Å². The van der Waals surface area contributed by atoms with Crippen LogP contribution in [0.5, 0.6) is 0 Å². The average Bonchev–Trinajstić information content (AvgIpc) is 2.60. The molecule has 3 aliphatic carbocycles. The summed E-state index contributed by atoms with van der Waals surface area (Å²) < 4.78 is 0. The summed E-state index contributed by atoms with van der Waals surface area (Å²) in [5, 5.41) is 9.60. The average molecular weight is 148 g/mol. The van der Waals surface area contributed by atoms with Crippen molar-refractivity contribution in [3.8, 4) is 0 Å². The minimum atomic E-state index is -0.153. The lowest BCUT2D eigenvalue weighted by Gasteiger charge is -2.22. The predicted octanol–water partition coefficient (Wildman–Crippen LogP) is 1.36. The summed E-state index contributed by atoms with van der Waals surface area (Å²) in [7, 11) is 0. The van der Waals surface area contributed by atoms with Crippen LogP contribution in [0.15, 0.2) is 24.3 Å². The molecule has 0 spiro atoms. The van der Waals surface area contributed by atoms with E-state index in [2.05, 4.69) is 18.2 Å². The SMILES string of the molecule is O[C@@H]1C=CC2C3C=CC(C3)C21. The number of aliphatic hydroxyl groups is 1. The Morgan fingerprint density at radius 1 is 1.00 bits per heavy atom. The van der Waals surface area contributed by atoms with Gasteiger partial charge in [-0.2, -0.15) is 0 Å². The second-order valence-electron chi connectivity index (χ2n) is 3.98. The Hall–Kier alpha value is -0.560. The van der Waals surface area contributed by atoms with Crippen LogP contribution in [0.1, 0.15) is 6.42 Å². The molecule has 0 aromatic rings. The van der Waals surface area contributed by atoms with E-state index in [4.69, 9.17) is 0 Å². The van der Waals surface area contributed by atoms with Gasteiger partial charge in [-0.3, -0.25) is 0 Å². The van der Waals surface area contributed by atoms with Crippen LogP contribution in [0, 0.1) is 23.7 Å². The lowest BCUT2D eigenvalue weighted by atomic mass is 9.84. The predicted molar refractivity (Wildman–Crippen MR) is 42.9 cm³/mol. The first-order valence-electron chi connectivity index (χ1n) is 4.41. The van der Waals surface area contributed by atoms with Crippen molar-refractivity contribution in [1.82, 2.24) is 0 Å². The largest absolute Gasteiger partial charge is 0.389 e. The Balaban J connectivity index is 2.02. The van der Waals surface area contributed by atoms with Gasteiger partial charge in [-0.1, -0.05) is 24.3 Å². The molecule has 0 aliphatic heterocycles. The molecule has 1 fully saturated rings. The lowest BCUT2D eigenvalue weighted by molar-refractivity contribution is 0.132. The van der Waals surface area contributed by atoms with Gasteiger partial charge in [0.25, 0.3) is 0 Å². The highest BCUT2D eigenvalue weighted by Crippen LogP contribution is 2.52. The summed E-state index contributed by atoms with van der Waals surface area (Å²) in [4.78, 5) is 0. The molecule has 0 saturated heterocycles. The molecule has 0 amide bonds. The Morgan fingerprint density at radius 3 is 2.64 bits per heavy atom. The van der Waals surface area contributed by atoms with Crippen LogP contribution in [0.4, 0.5) is 0 Å². The summed E-state index contributed by atoms with van der Waals surface area (Å²) in [6.45, 7) is 0. The van der Waals surface area contributed by atoms with E-state index in [0.29, 0.717) is 17.8 Å². The molecule has 3 rings (SSSR count). The fourth-order valence-corrected chi connectivity index (χ4v) is 3.02. The smallest absolute Gasteiger partial charge is 0.0760 e. The molecular weight excluding hydrogens is 136 g/mol. The van der Waals surface area contributed by atoms with E-state index in [-0.39, 0.29) is 6.10 Å². The van der Waals surface area contributed by atoms with Gasteiger partial charge in [-0.15, -0.1) is 0 Å². The van der Waals surface area contributed by atoms with Crippen LogP contribution < -0.4 is 0 Å². The summed E-state index contributed by atoms with van der Waals surface area (Å²) >= 11 is 0. The molecule has 1 N–H and O–H groups in total. The van der Waals surface area contributed by atoms with Crippen LogP contribution in [0.2, 0.25) is 0 Å². The number of allylic oxidation sites excluding steroid dienone is 3. The molecule has 5 atom stereocenters. The highest BCUT2D eigenvalue weighted by Gasteiger charge is 2.48. The number of rotatable bonds is 0. The first-order chi connectivity index (χ1) is 5.36. The Labute approximate surface area is 66.4 Å². The first-order valence-corrected chi connectivity index (χ1v) is 4.41. The first kappa shape index (κ1) is 6.01. The Kier molecular flexibility index (Phi) is 0.972. The van der Waals surface area contributed by atoms with Crippen molar-refractivity contribution in [3.05, 3.63) is 24.3 Å². The third-order valence-electron chi connectivity index (χ3n) is 3.51. The molecule has 0 radical (unpaired) electrons. The summed E-state index contributed by atoms with van der Waals surface area (Å²) in [6, 6.07) is 0. The third kappa shape index (κ3) is 0.603. The van der Waals surface area contributed by atoms with Crippen molar-refractivity contribution < 1.29 is 5.11 Å². The maximum atomic E-state index is 9.60. The fraction of sp³-hybridized carbons (Fsp3) is 0.600. The van der Waals surface area contributed by atoms with Gasteiger partial charge in [0.2, 0.25) is 0 Å². The Morgan fingerprint density at radius 2 is 1.82 bits per heavy atom. The van der Waals surface area contributed by atoms with E-state index < -0.39 is 0 Å². The van der Waals surface area contributed by atoms with E-state index >= 15 is 0 Å². The van der Waals surface area contributed by atoms with E-state index in [9.17, 15) is 5.11 Å². The van der Waals surface area contributed by atoms with Gasteiger partial charge in [0.1, 0.15) is 0 Å². The quantitative estimate of drug-likeness (QED) is 0.514. The van der Waals surface area contributed by atoms with Crippen LogP contribution in [-0.2, 0) is 0 Å². The summed E-state index contributed by atoms with van der Waals surface area (Å²) in [5.41, 5.74) is 0. The minimum absolute atomic E-state index is 0.153. The maximum absolute atomic E-state index is 9.60. The highest BCUT2D eigenvalue weighted by molar-refractivity contribution is 5.24. The van der Waals surface area contributed by atoms with Gasteiger partial charge < -0.3 is 5.11 Å². The molecule has 11 heavy (non-hydrogen) atoms. The molecule has 1 saturated carbocycles. The van der Waals surface area contributed by atoms with Gasteiger partial charge >= 0.3 is 0 Å². The van der Waals surface area contributed by atoms with Gasteiger partial charge in [0.15, 0.2) is 0 Å². The van der Waals surface area contributed by atoms with Crippen molar-refractivity contribution in [2.24, 2.45) is 23.7 Å². The molecule has 1 nitrogen and oxygen atoms in total. The molecule has 2 bridgehead atoms. The van der Waals surface area contributed by atoms with Gasteiger partial charge in [-0.25, -0.2) is 0 Å². The van der Waals surface area contributed by atoms with E-state index in [1.807, 2.05) is 6.08 Å². The molecule has 58 valence electrons. The fourth-order valence-electron chi connectivity index (χ4n) is 3.02. The zero-order chi connectivity index (χ0) is 7.42. The maximum Gasteiger partial charge on any atom is 0.0760 e. The normalized spacial score (nSPS) is 57.4. The Bertz CT molecular complexity index is 241. The second kappa shape index (κ2) is 1.78. The summed E-state index contributed by atoms with van der Waals surface area (Å²) in [6.07, 6.45) is 9.94. The number of aliphatic hydroxyl groups excluding tert-OH is 1. The standard InChI is InChI=1S/C10H12O/c11-9-4-3-8-6-1-2-7(5-6)10(8)9/h1-4,6-11H,5H2/t6?,7?,8?,9-,10?/m1/s1. The van der Waals surface area contributed by atoms with Gasteiger partial charge in [-0.05, 0) is 24.2 Å². The topological polar surface area (TPSA) is 20.2 Å². The van der Waals surface area contributed by atoms with Gasteiger partial charge in [0, 0.05) is 5.92 Å². The van der Waals surface area contributed by atoms with Crippen molar-refractivity contribution in [2.45, 2.75) is 12.5 Å². The highest BCUT2D eigenvalue weighted by atomic mass is 16.3. The monoisotopic (exact) mass is 148 g/mol. The number of hydrogen-bond donors (Lipinski definition) is 1. The minimum Gasteiger partial charge on any atom is -0.389 e. The third-order valence-corrected chi connectivity index (χ3v) is 3.51. The second-order valence-corrected chi connectivity index (χ2v) is 3.98. The van der Waals surface area contributed by atoms with Crippen molar-refractivity contribution >= 4 is 0 Å². The van der Waals surface area contributed by atoms with Crippen molar-refractivity contribution in [3.63, 3.8) is 0 Å². The van der Waals surface area contributed by atoms with Crippen LogP contribution in [0.3, 0.4) is 0 Å². The van der Waals surface area contributed by atoms with Crippen LogP contribution in [0.25, 0.3) is 0 Å². The van der Waals surface area contributed by atoms with Gasteiger partial charge in [0.05, 0.1) is 6.10 Å². The zero-order valence-corrected chi connectivity index (χ0v) is 6.35. The van der Waals surface area contributed by atoms with Crippen molar-refractivity contribution in [1.29, 1.82) is 0 Å². The summed E-state index contributed by atoms with van der Waals surface area (Å²) in [5.74, 6) is 2.62. The molecular formula is C10H12O. The van der Waals surface area contributed by atoms with Crippen LogP contribution >= 0.6 is 0 Å². The molecule has 0 aromatic heterocycles. The zero-order valence-electron chi connectivity index (χ0n) is 6.35. The van der Waals surface area contributed by atoms with E-state index in [1.54, 1.807) is 0 Å². The van der Waals surface area contributed by atoms with Crippen LogP contribution in [-0.4, -0.2) is 11.2 Å². The number of fused-ring (bicyclic) bond motifs is 5. The van der Waals surface area contributed by atoms with E-state index in [0.717, 1.165) is 5.92 Å². The lowest BCUT2D eigenvalue weighted by Crippen LogP contribution is -2.23. The molecule has 3 aliphatic rings. The number of hydrogen-bond acceptors (Lipinski definition) is 1. The molecule has 0 aromatic carbocycles. The molecule has 4 unspecified atom stereocenters.